The van der Waals surface area contributed by atoms with E-state index in [9.17, 15) is 18.8 Å². The topological polar surface area (TPSA) is 73.0 Å². The number of amides is 2. The predicted molar refractivity (Wildman–Crippen MR) is 101 cm³/mol. The number of likely N-dealkylation sites (N-methyl/N-ethyl adjacent to an activating group) is 1. The molecule has 1 aliphatic heterocycles. The summed E-state index contributed by atoms with van der Waals surface area (Å²) >= 11 is 0. The van der Waals surface area contributed by atoms with Crippen LogP contribution in [0.25, 0.3) is 0 Å². The molecule has 0 aromatic heterocycles. The maximum Gasteiger partial charge on any atom is 0.244 e. The lowest BCUT2D eigenvalue weighted by molar-refractivity contribution is -0.134. The fourth-order valence-corrected chi connectivity index (χ4v) is 3.07. The highest BCUT2D eigenvalue weighted by Gasteiger charge is 2.23. The maximum absolute atomic E-state index is 14.3. The number of benzene rings is 1. The van der Waals surface area contributed by atoms with Crippen LogP contribution in [0.15, 0.2) is 18.2 Å². The minimum Gasteiger partial charge on any atom is -0.367 e. The van der Waals surface area contributed by atoms with Crippen molar-refractivity contribution >= 4 is 23.3 Å². The number of anilines is 1. The largest absolute Gasteiger partial charge is 0.367 e. The monoisotopic (exact) mass is 378 g/mol. The van der Waals surface area contributed by atoms with Crippen molar-refractivity contribution < 1.29 is 18.8 Å². The van der Waals surface area contributed by atoms with E-state index in [0.29, 0.717) is 37.4 Å². The summed E-state index contributed by atoms with van der Waals surface area (Å²) in [6.45, 7) is 5.64. The van der Waals surface area contributed by atoms with Crippen molar-refractivity contribution in [2.24, 2.45) is 0 Å². The van der Waals surface area contributed by atoms with Gasteiger partial charge in [-0.1, -0.05) is 0 Å². The van der Waals surface area contributed by atoms with Crippen LogP contribution in [0.4, 0.5) is 10.1 Å². The van der Waals surface area contributed by atoms with Gasteiger partial charge in [0, 0.05) is 45.8 Å². The summed E-state index contributed by atoms with van der Waals surface area (Å²) in [7, 11) is 3.29. The van der Waals surface area contributed by atoms with Crippen molar-refractivity contribution in [1.29, 1.82) is 0 Å². The van der Waals surface area contributed by atoms with Crippen LogP contribution >= 0.6 is 0 Å². The summed E-state index contributed by atoms with van der Waals surface area (Å²) in [4.78, 5) is 40.6. The Kier molecular flexibility index (Phi) is 6.90. The molecule has 27 heavy (non-hydrogen) atoms. The molecule has 1 aliphatic rings. The quantitative estimate of drug-likeness (QED) is 0.740. The molecule has 1 unspecified atom stereocenters. The van der Waals surface area contributed by atoms with Crippen molar-refractivity contribution in [1.82, 2.24) is 15.1 Å². The Balaban J connectivity index is 1.86. The summed E-state index contributed by atoms with van der Waals surface area (Å²) in [5, 5.41) is 2.70. The summed E-state index contributed by atoms with van der Waals surface area (Å²) < 4.78 is 14.3. The number of Topliss-reactive ketones (excluding diaryl/α,β-unsaturated/α-hetero) is 1. The second-order valence-corrected chi connectivity index (χ2v) is 7.01. The second kappa shape index (κ2) is 8.94. The van der Waals surface area contributed by atoms with E-state index in [2.05, 4.69) is 5.32 Å². The molecule has 0 radical (unpaired) electrons. The third-order valence-corrected chi connectivity index (χ3v) is 4.62. The number of carbonyl (C=O) groups excluding carboxylic acids is 3. The Morgan fingerprint density at radius 1 is 1.19 bits per heavy atom. The molecule has 0 spiro atoms. The average Bonchev–Trinajstić information content (AvgIpc) is 2.61. The zero-order chi connectivity index (χ0) is 20.1. The van der Waals surface area contributed by atoms with Gasteiger partial charge in [-0.25, -0.2) is 4.39 Å². The lowest BCUT2D eigenvalue weighted by Crippen LogP contribution is -2.52. The Bertz CT molecular complexity index is 715. The first-order chi connectivity index (χ1) is 12.7. The molecule has 1 heterocycles. The number of hydrogen-bond donors (Lipinski definition) is 1. The van der Waals surface area contributed by atoms with Gasteiger partial charge >= 0.3 is 0 Å². The molecule has 7 nitrogen and oxygen atoms in total. The van der Waals surface area contributed by atoms with E-state index < -0.39 is 11.9 Å². The highest BCUT2D eigenvalue weighted by atomic mass is 19.1. The van der Waals surface area contributed by atoms with Crippen LogP contribution in [-0.2, 0) is 9.59 Å². The van der Waals surface area contributed by atoms with Gasteiger partial charge in [0.15, 0.2) is 5.78 Å². The van der Waals surface area contributed by atoms with E-state index in [4.69, 9.17) is 0 Å². The first-order valence-electron chi connectivity index (χ1n) is 8.97. The zero-order valence-corrected chi connectivity index (χ0v) is 16.3. The number of nitrogens with zero attached hydrogens (tertiary/aromatic N) is 3. The molecular weight excluding hydrogens is 351 g/mol. The van der Waals surface area contributed by atoms with Crippen molar-refractivity contribution in [3.63, 3.8) is 0 Å². The molecule has 8 heteroatoms. The van der Waals surface area contributed by atoms with Crippen molar-refractivity contribution in [2.45, 2.75) is 19.9 Å². The van der Waals surface area contributed by atoms with E-state index >= 15 is 0 Å². The number of piperazine rings is 1. The average molecular weight is 378 g/mol. The number of ketones is 1. The summed E-state index contributed by atoms with van der Waals surface area (Å²) in [5.41, 5.74) is 0.822. The van der Waals surface area contributed by atoms with Crippen LogP contribution in [0.2, 0.25) is 0 Å². The predicted octanol–water partition coefficient (Wildman–Crippen LogP) is 0.743. The van der Waals surface area contributed by atoms with Crippen LogP contribution in [-0.4, -0.2) is 80.3 Å². The molecule has 148 valence electrons. The molecule has 0 bridgehead atoms. The minimum atomic E-state index is -0.567. The van der Waals surface area contributed by atoms with E-state index in [-0.39, 0.29) is 24.1 Å². The third-order valence-electron chi connectivity index (χ3n) is 4.62. The molecule has 2 amide bonds. The first-order valence-corrected chi connectivity index (χ1v) is 8.97. The zero-order valence-electron chi connectivity index (χ0n) is 16.3. The molecule has 1 atom stereocenters. The summed E-state index contributed by atoms with van der Waals surface area (Å²) in [6, 6.07) is 3.95. The van der Waals surface area contributed by atoms with Gasteiger partial charge < -0.3 is 15.1 Å². The fourth-order valence-electron chi connectivity index (χ4n) is 3.07. The van der Waals surface area contributed by atoms with Crippen molar-refractivity contribution in [3.05, 3.63) is 29.6 Å². The van der Waals surface area contributed by atoms with Crippen LogP contribution < -0.4 is 10.2 Å². The lowest BCUT2D eigenvalue weighted by atomic mass is 10.1. The Morgan fingerprint density at radius 3 is 2.33 bits per heavy atom. The van der Waals surface area contributed by atoms with Gasteiger partial charge in [0.1, 0.15) is 11.9 Å². The second-order valence-electron chi connectivity index (χ2n) is 7.01. The third kappa shape index (κ3) is 5.50. The van der Waals surface area contributed by atoms with E-state index in [1.54, 1.807) is 33.2 Å². The Morgan fingerprint density at radius 2 is 1.81 bits per heavy atom. The molecule has 1 N–H and O–H groups in total. The van der Waals surface area contributed by atoms with E-state index in [0.717, 1.165) is 0 Å². The molecule has 1 fully saturated rings. The number of rotatable bonds is 6. The molecule has 1 saturated heterocycles. The van der Waals surface area contributed by atoms with Crippen molar-refractivity contribution in [2.75, 3.05) is 51.7 Å². The molecule has 2 rings (SSSR count). The van der Waals surface area contributed by atoms with Crippen LogP contribution in [0.3, 0.4) is 0 Å². The number of nitrogens with one attached hydrogen (secondary N) is 1. The van der Waals surface area contributed by atoms with Gasteiger partial charge in [0.2, 0.25) is 11.8 Å². The normalized spacial score (nSPS) is 16.0. The lowest BCUT2D eigenvalue weighted by Gasteiger charge is -2.36. The first kappa shape index (κ1) is 20.8. The van der Waals surface area contributed by atoms with Gasteiger partial charge in [-0.3, -0.25) is 19.3 Å². The molecule has 0 saturated carbocycles. The minimum absolute atomic E-state index is 0.155. The van der Waals surface area contributed by atoms with Crippen molar-refractivity contribution in [3.8, 4) is 0 Å². The molecular formula is C19H27FN4O3. The number of halogens is 1. The Hall–Kier alpha value is -2.48. The molecule has 1 aromatic carbocycles. The van der Waals surface area contributed by atoms with E-state index in [1.165, 1.54) is 17.9 Å². The van der Waals surface area contributed by atoms with Gasteiger partial charge in [0.05, 0.1) is 12.2 Å². The highest BCUT2D eigenvalue weighted by molar-refractivity contribution is 5.94. The van der Waals surface area contributed by atoms with Gasteiger partial charge in [-0.15, -0.1) is 0 Å². The summed E-state index contributed by atoms with van der Waals surface area (Å²) in [5.74, 6) is -0.941. The molecule has 0 aliphatic carbocycles. The van der Waals surface area contributed by atoms with Crippen LogP contribution in [0, 0.1) is 5.82 Å². The fraction of sp³-hybridized carbons (Fsp3) is 0.526. The van der Waals surface area contributed by atoms with E-state index in [1.807, 2.05) is 9.80 Å². The van der Waals surface area contributed by atoms with Gasteiger partial charge in [-0.05, 0) is 32.0 Å². The van der Waals surface area contributed by atoms with Crippen LogP contribution in [0.1, 0.15) is 24.2 Å². The summed E-state index contributed by atoms with van der Waals surface area (Å²) in [6.07, 6.45) is 0. The smallest absolute Gasteiger partial charge is 0.244 e. The standard InChI is InChI=1S/C19H27FN4O3/c1-13(19(27)22(3)4)21-18(26)12-23-7-9-24(10-8-23)17-6-5-15(14(2)25)11-16(17)20/h5-6,11,13H,7-10,12H2,1-4H3,(H,21,26). The number of hydrogen-bond acceptors (Lipinski definition) is 5. The SMILES string of the molecule is CC(=O)c1ccc(N2CCN(CC(=O)NC(C)C(=O)N(C)C)CC2)c(F)c1. The molecule has 1 aromatic rings. The number of carbonyl (C=O) groups is 3. The Labute approximate surface area is 159 Å². The van der Waals surface area contributed by atoms with Crippen LogP contribution in [0.5, 0.6) is 0 Å². The van der Waals surface area contributed by atoms with Gasteiger partial charge in [0.25, 0.3) is 0 Å². The van der Waals surface area contributed by atoms with Gasteiger partial charge in [-0.2, -0.15) is 0 Å². The maximum atomic E-state index is 14.3. The highest BCUT2D eigenvalue weighted by Crippen LogP contribution is 2.22.